The number of amides is 2. The fourth-order valence-electron chi connectivity index (χ4n) is 5.71. The van der Waals surface area contributed by atoms with Crippen molar-refractivity contribution in [2.24, 2.45) is 17.6 Å². The molecule has 5 rings (SSSR count). The number of nitrogens with zero attached hydrogens (tertiary/aromatic N) is 1. The molecule has 3 N–H and O–H groups in total. The fraction of sp³-hybridized carbons (Fsp3) is 0.565. The van der Waals surface area contributed by atoms with Crippen molar-refractivity contribution in [1.82, 2.24) is 9.88 Å². The Morgan fingerprint density at radius 2 is 1.90 bits per heavy atom. The van der Waals surface area contributed by atoms with Crippen LogP contribution in [0, 0.1) is 11.8 Å². The van der Waals surface area contributed by atoms with Crippen LogP contribution in [0.4, 0.5) is 0 Å². The van der Waals surface area contributed by atoms with E-state index in [0.717, 1.165) is 31.2 Å². The number of carbonyl (C=O) groups excluding carboxylic acids is 2. The fourth-order valence-corrected chi connectivity index (χ4v) is 5.71. The Kier molecular flexibility index (Phi) is 4.82. The number of aryl methyl sites for hydroxylation is 2. The molecule has 1 aromatic heterocycles. The lowest BCUT2D eigenvalue weighted by Crippen LogP contribution is -2.47. The Labute approximate surface area is 170 Å². The number of fused-ring (bicyclic) bond motifs is 3. The van der Waals surface area contributed by atoms with E-state index in [-0.39, 0.29) is 29.7 Å². The molecule has 2 saturated heterocycles. The molecule has 6 heteroatoms. The van der Waals surface area contributed by atoms with Crippen LogP contribution >= 0.6 is 0 Å². The van der Waals surface area contributed by atoms with Crippen molar-refractivity contribution < 1.29 is 14.3 Å². The Morgan fingerprint density at radius 1 is 1.10 bits per heavy atom. The minimum Gasteiger partial charge on any atom is -0.381 e. The summed E-state index contributed by atoms with van der Waals surface area (Å²) in [5.41, 5.74) is 10.3. The van der Waals surface area contributed by atoms with Gasteiger partial charge in [-0.3, -0.25) is 9.59 Å². The van der Waals surface area contributed by atoms with Gasteiger partial charge in [0.15, 0.2) is 0 Å². The second kappa shape index (κ2) is 7.48. The number of hydrogen-bond acceptors (Lipinski definition) is 3. The second-order valence-corrected chi connectivity index (χ2v) is 8.79. The number of aromatic nitrogens is 1. The number of nitrogens with two attached hydrogens (primary N) is 1. The normalized spacial score (nSPS) is 25.3. The molecule has 29 heavy (non-hydrogen) atoms. The first-order valence-electron chi connectivity index (χ1n) is 10.9. The number of nitrogens with one attached hydrogen (secondary N) is 1. The van der Waals surface area contributed by atoms with E-state index in [4.69, 9.17) is 10.5 Å². The minimum absolute atomic E-state index is 0.0258. The maximum absolute atomic E-state index is 13.5. The molecule has 0 radical (unpaired) electrons. The molecular formula is C23H29N3O3. The zero-order chi connectivity index (χ0) is 20.0. The molecule has 2 unspecified atom stereocenters. The van der Waals surface area contributed by atoms with E-state index in [2.05, 4.69) is 11.1 Å². The number of benzene rings is 1. The van der Waals surface area contributed by atoms with Crippen LogP contribution in [0.5, 0.6) is 0 Å². The van der Waals surface area contributed by atoms with Gasteiger partial charge in [0.25, 0.3) is 5.91 Å². The van der Waals surface area contributed by atoms with E-state index in [1.165, 1.54) is 29.5 Å². The maximum atomic E-state index is 13.5. The highest BCUT2D eigenvalue weighted by atomic mass is 16.5. The van der Waals surface area contributed by atoms with Crippen molar-refractivity contribution in [1.29, 1.82) is 0 Å². The van der Waals surface area contributed by atoms with Gasteiger partial charge in [0, 0.05) is 48.0 Å². The number of aromatic amines is 1. The number of H-pyrrole nitrogens is 1. The molecule has 1 aromatic carbocycles. The predicted molar refractivity (Wildman–Crippen MR) is 111 cm³/mol. The third kappa shape index (κ3) is 3.23. The molecule has 2 aliphatic heterocycles. The van der Waals surface area contributed by atoms with Crippen molar-refractivity contribution >= 4 is 22.7 Å². The predicted octanol–water partition coefficient (Wildman–Crippen LogP) is 2.79. The minimum atomic E-state index is -0.285. The molecule has 2 atom stereocenters. The van der Waals surface area contributed by atoms with Crippen LogP contribution in [-0.2, 0) is 22.4 Å². The number of likely N-dealkylation sites (tertiary alicyclic amines) is 1. The summed E-state index contributed by atoms with van der Waals surface area (Å²) < 4.78 is 5.50. The summed E-state index contributed by atoms with van der Waals surface area (Å²) in [7, 11) is 0. The van der Waals surface area contributed by atoms with Gasteiger partial charge in [-0.05, 0) is 74.6 Å². The highest BCUT2D eigenvalue weighted by Gasteiger charge is 2.44. The molecule has 154 valence electrons. The SMILES string of the molecule is NC(=O)C1CCN(C(=O)c2ccc3[nH]c4c(c3c2)CCCC4)C1C1CCOCC1. The molecule has 3 heterocycles. The summed E-state index contributed by atoms with van der Waals surface area (Å²) in [5, 5.41) is 1.18. The van der Waals surface area contributed by atoms with E-state index in [9.17, 15) is 9.59 Å². The number of primary amides is 1. The quantitative estimate of drug-likeness (QED) is 0.838. The first-order valence-corrected chi connectivity index (χ1v) is 10.9. The van der Waals surface area contributed by atoms with Gasteiger partial charge in [-0.15, -0.1) is 0 Å². The Balaban J connectivity index is 1.47. The number of ether oxygens (including phenoxy) is 1. The summed E-state index contributed by atoms with van der Waals surface area (Å²) >= 11 is 0. The number of hydrogen-bond donors (Lipinski definition) is 2. The van der Waals surface area contributed by atoms with Crippen LogP contribution in [0.15, 0.2) is 18.2 Å². The van der Waals surface area contributed by atoms with Gasteiger partial charge in [-0.25, -0.2) is 0 Å². The van der Waals surface area contributed by atoms with Crippen LogP contribution in [0.3, 0.4) is 0 Å². The van der Waals surface area contributed by atoms with Gasteiger partial charge in [0.2, 0.25) is 5.91 Å². The largest absolute Gasteiger partial charge is 0.381 e. The summed E-state index contributed by atoms with van der Waals surface area (Å²) in [6, 6.07) is 5.90. The lowest BCUT2D eigenvalue weighted by Gasteiger charge is -2.36. The number of rotatable bonds is 3. The maximum Gasteiger partial charge on any atom is 0.254 e. The smallest absolute Gasteiger partial charge is 0.254 e. The second-order valence-electron chi connectivity index (χ2n) is 8.79. The Bertz CT molecular complexity index is 944. The molecule has 6 nitrogen and oxygen atoms in total. The summed E-state index contributed by atoms with van der Waals surface area (Å²) in [5.74, 6) is -0.243. The highest BCUT2D eigenvalue weighted by Crippen LogP contribution is 2.36. The average Bonchev–Trinajstić information content (AvgIpc) is 3.35. The summed E-state index contributed by atoms with van der Waals surface area (Å²) in [6.07, 6.45) is 7.00. The molecular weight excluding hydrogens is 366 g/mol. The van der Waals surface area contributed by atoms with Crippen LogP contribution < -0.4 is 5.73 Å². The van der Waals surface area contributed by atoms with Gasteiger partial charge < -0.3 is 20.4 Å². The summed E-state index contributed by atoms with van der Waals surface area (Å²) in [6.45, 7) is 1.98. The molecule has 0 spiro atoms. The van der Waals surface area contributed by atoms with Crippen molar-refractivity contribution in [3.8, 4) is 0 Å². The first kappa shape index (κ1) is 18.7. The van der Waals surface area contributed by atoms with Crippen LogP contribution in [-0.4, -0.2) is 47.5 Å². The van der Waals surface area contributed by atoms with Crippen molar-refractivity contribution in [2.45, 2.75) is 51.0 Å². The number of carbonyl (C=O) groups is 2. The highest BCUT2D eigenvalue weighted by molar-refractivity contribution is 6.00. The van der Waals surface area contributed by atoms with Gasteiger partial charge >= 0.3 is 0 Å². The van der Waals surface area contributed by atoms with Crippen LogP contribution in [0.2, 0.25) is 0 Å². The van der Waals surface area contributed by atoms with Gasteiger partial charge in [0.1, 0.15) is 0 Å². The average molecular weight is 396 g/mol. The summed E-state index contributed by atoms with van der Waals surface area (Å²) in [4.78, 5) is 31.1. The lowest BCUT2D eigenvalue weighted by atomic mass is 9.83. The molecule has 0 saturated carbocycles. The molecule has 2 amide bonds. The first-order chi connectivity index (χ1) is 14.1. The zero-order valence-corrected chi connectivity index (χ0v) is 16.8. The van der Waals surface area contributed by atoms with Gasteiger partial charge in [-0.2, -0.15) is 0 Å². The Morgan fingerprint density at radius 3 is 2.69 bits per heavy atom. The third-order valence-electron chi connectivity index (χ3n) is 7.17. The third-order valence-corrected chi connectivity index (χ3v) is 7.17. The van der Waals surface area contributed by atoms with Crippen molar-refractivity contribution in [3.63, 3.8) is 0 Å². The van der Waals surface area contributed by atoms with Gasteiger partial charge in [-0.1, -0.05) is 0 Å². The molecule has 2 fully saturated rings. The van der Waals surface area contributed by atoms with E-state index in [1.54, 1.807) is 0 Å². The van der Waals surface area contributed by atoms with Crippen molar-refractivity contribution in [2.75, 3.05) is 19.8 Å². The monoisotopic (exact) mass is 395 g/mol. The Hall–Kier alpha value is -2.34. The standard InChI is InChI=1S/C23H29N3O3/c24-22(27)17-7-10-26(21(17)14-8-11-29-12-9-14)23(28)15-5-6-20-18(13-15)16-3-1-2-4-19(16)25-20/h5-6,13-14,17,21,25H,1-4,7-12H2,(H2,24,27). The zero-order valence-electron chi connectivity index (χ0n) is 16.8. The van der Waals surface area contributed by atoms with Crippen molar-refractivity contribution in [3.05, 3.63) is 35.0 Å². The van der Waals surface area contributed by atoms with E-state index in [1.807, 2.05) is 17.0 Å². The topological polar surface area (TPSA) is 88.4 Å². The molecule has 3 aliphatic rings. The van der Waals surface area contributed by atoms with Crippen LogP contribution in [0.1, 0.15) is 53.7 Å². The van der Waals surface area contributed by atoms with E-state index in [0.29, 0.717) is 31.7 Å². The van der Waals surface area contributed by atoms with Gasteiger partial charge in [0.05, 0.1) is 5.92 Å². The molecule has 0 bridgehead atoms. The molecule has 2 aromatic rings. The lowest BCUT2D eigenvalue weighted by molar-refractivity contribution is -0.123. The van der Waals surface area contributed by atoms with Crippen LogP contribution in [0.25, 0.3) is 10.9 Å². The van der Waals surface area contributed by atoms with E-state index >= 15 is 0 Å². The van der Waals surface area contributed by atoms with E-state index < -0.39 is 0 Å². The molecule has 1 aliphatic carbocycles.